The maximum absolute atomic E-state index is 13.2. The van der Waals surface area contributed by atoms with E-state index in [4.69, 9.17) is 4.74 Å². The molecule has 0 atom stereocenters. The second kappa shape index (κ2) is 9.13. The first-order chi connectivity index (χ1) is 15.5. The molecule has 32 heavy (non-hydrogen) atoms. The van der Waals surface area contributed by atoms with Crippen LogP contribution in [0.15, 0.2) is 79.3 Å². The number of H-pyrrole nitrogens is 1. The van der Waals surface area contributed by atoms with Crippen LogP contribution >= 0.6 is 0 Å². The Morgan fingerprint density at radius 3 is 2.50 bits per heavy atom. The highest BCUT2D eigenvalue weighted by Gasteiger charge is 2.19. The van der Waals surface area contributed by atoms with Gasteiger partial charge in [0.2, 0.25) is 11.6 Å². The van der Waals surface area contributed by atoms with Crippen molar-refractivity contribution in [2.45, 2.75) is 6.54 Å². The average molecular weight is 428 g/mol. The molecule has 0 aliphatic rings. The lowest BCUT2D eigenvalue weighted by molar-refractivity contribution is 0.102. The first-order valence-corrected chi connectivity index (χ1v) is 9.79. The molecular weight excluding hydrogens is 408 g/mol. The van der Waals surface area contributed by atoms with E-state index in [0.717, 1.165) is 17.4 Å². The molecule has 0 amide bonds. The van der Waals surface area contributed by atoms with Crippen molar-refractivity contribution in [3.05, 3.63) is 107 Å². The van der Waals surface area contributed by atoms with Gasteiger partial charge in [-0.25, -0.2) is 4.98 Å². The molecule has 2 aromatic heterocycles. The minimum atomic E-state index is -0.470. The molecule has 0 saturated carbocycles. The third-order valence-electron chi connectivity index (χ3n) is 4.87. The lowest BCUT2D eigenvalue weighted by atomic mass is 10.1. The van der Waals surface area contributed by atoms with Crippen LogP contribution in [-0.2, 0) is 6.54 Å². The summed E-state index contributed by atoms with van der Waals surface area (Å²) in [4.78, 5) is 29.7. The number of ketones is 2. The molecule has 2 heterocycles. The molecule has 0 aliphatic heterocycles. The molecule has 2 N–H and O–H groups in total. The van der Waals surface area contributed by atoms with Crippen LogP contribution in [-0.4, -0.2) is 43.5 Å². The normalized spacial score (nSPS) is 11.3. The minimum absolute atomic E-state index is 0.0107. The van der Waals surface area contributed by atoms with Crippen LogP contribution in [0.3, 0.4) is 0 Å². The highest BCUT2D eigenvalue weighted by molar-refractivity contribution is 6.12. The third kappa shape index (κ3) is 4.49. The van der Waals surface area contributed by atoms with Gasteiger partial charge in [-0.3, -0.25) is 14.7 Å². The number of hydrogen-bond donors (Lipinski definition) is 2. The SMILES string of the molecule is COc1ccc(Cn2cc(C(=O)C=C(O)c3nc[nH]n3)cc2C(=O)c2ccccc2)cc1. The lowest BCUT2D eigenvalue weighted by Gasteiger charge is -2.09. The van der Waals surface area contributed by atoms with Gasteiger partial charge in [0.15, 0.2) is 11.5 Å². The number of aliphatic hydroxyl groups is 1. The Bertz CT molecular complexity index is 1260. The number of carbonyl (C=O) groups excluding carboxylic acids is 2. The van der Waals surface area contributed by atoms with E-state index in [2.05, 4.69) is 15.2 Å². The van der Waals surface area contributed by atoms with E-state index in [9.17, 15) is 14.7 Å². The first kappa shape index (κ1) is 20.8. The van der Waals surface area contributed by atoms with Crippen molar-refractivity contribution >= 4 is 17.3 Å². The van der Waals surface area contributed by atoms with E-state index in [1.165, 1.54) is 12.4 Å². The molecule has 0 fully saturated rings. The van der Waals surface area contributed by atoms with Gasteiger partial charge in [-0.05, 0) is 23.8 Å². The van der Waals surface area contributed by atoms with Crippen LogP contribution in [0.5, 0.6) is 5.75 Å². The highest BCUT2D eigenvalue weighted by atomic mass is 16.5. The number of methoxy groups -OCH3 is 1. The Kier molecular flexibility index (Phi) is 5.94. The molecule has 0 radical (unpaired) electrons. The molecule has 4 aromatic rings. The maximum Gasteiger partial charge on any atom is 0.215 e. The van der Waals surface area contributed by atoms with E-state index >= 15 is 0 Å². The molecule has 0 aliphatic carbocycles. The van der Waals surface area contributed by atoms with Gasteiger partial charge in [0, 0.05) is 29.9 Å². The monoisotopic (exact) mass is 428 g/mol. The summed E-state index contributed by atoms with van der Waals surface area (Å²) in [6.07, 6.45) is 3.93. The third-order valence-corrected chi connectivity index (χ3v) is 4.87. The number of allylic oxidation sites excluding steroid dienone is 1. The van der Waals surface area contributed by atoms with E-state index < -0.39 is 5.78 Å². The van der Waals surface area contributed by atoms with Gasteiger partial charge in [0.1, 0.15) is 12.1 Å². The number of aliphatic hydroxyl groups excluding tert-OH is 1. The van der Waals surface area contributed by atoms with Gasteiger partial charge in [-0.15, -0.1) is 0 Å². The zero-order valence-corrected chi connectivity index (χ0v) is 17.2. The van der Waals surface area contributed by atoms with E-state index in [1.54, 1.807) is 42.1 Å². The molecule has 160 valence electrons. The molecule has 2 aromatic carbocycles. The second-order valence-electron chi connectivity index (χ2n) is 7.00. The number of carbonyl (C=O) groups is 2. The molecule has 8 heteroatoms. The molecule has 8 nitrogen and oxygen atoms in total. The summed E-state index contributed by atoms with van der Waals surface area (Å²) in [5.41, 5.74) is 2.07. The fourth-order valence-electron chi connectivity index (χ4n) is 3.24. The van der Waals surface area contributed by atoms with Gasteiger partial charge in [-0.2, -0.15) is 5.10 Å². The predicted molar refractivity (Wildman–Crippen MR) is 118 cm³/mol. The maximum atomic E-state index is 13.2. The van der Waals surface area contributed by atoms with Crippen LogP contribution in [0.25, 0.3) is 5.76 Å². The zero-order chi connectivity index (χ0) is 22.5. The standard InChI is InChI=1S/C24H20N4O4/c1-32-19-9-7-16(8-10-19)13-28-14-18(21(29)12-22(30)24-25-15-26-27-24)11-20(28)23(31)17-5-3-2-4-6-17/h2-12,14-15,30H,13H2,1H3,(H,25,26,27). The number of aromatic nitrogens is 4. The molecule has 0 bridgehead atoms. The van der Waals surface area contributed by atoms with Gasteiger partial charge >= 0.3 is 0 Å². The quantitative estimate of drug-likeness (QED) is 0.252. The Hall–Kier alpha value is -4.46. The number of benzene rings is 2. The fraction of sp³-hybridized carbons (Fsp3) is 0.0833. The smallest absolute Gasteiger partial charge is 0.215 e. The predicted octanol–water partition coefficient (Wildman–Crippen LogP) is 3.68. The van der Waals surface area contributed by atoms with Crippen LogP contribution in [0.2, 0.25) is 0 Å². The van der Waals surface area contributed by atoms with Crippen molar-refractivity contribution in [3.8, 4) is 5.75 Å². The van der Waals surface area contributed by atoms with Crippen LogP contribution in [0.1, 0.15) is 37.8 Å². The summed E-state index contributed by atoms with van der Waals surface area (Å²) >= 11 is 0. The van der Waals surface area contributed by atoms with E-state index in [-0.39, 0.29) is 22.9 Å². The topological polar surface area (TPSA) is 110 Å². The summed E-state index contributed by atoms with van der Waals surface area (Å²) in [5, 5.41) is 16.3. The summed E-state index contributed by atoms with van der Waals surface area (Å²) in [5.74, 6) is -0.305. The average Bonchev–Trinajstić information content (AvgIpc) is 3.50. The van der Waals surface area contributed by atoms with Gasteiger partial charge in [0.25, 0.3) is 0 Å². The van der Waals surface area contributed by atoms with Crippen LogP contribution in [0.4, 0.5) is 0 Å². The summed E-state index contributed by atoms with van der Waals surface area (Å²) in [6, 6.07) is 17.8. The van der Waals surface area contributed by atoms with E-state index in [0.29, 0.717) is 17.8 Å². The number of nitrogens with zero attached hydrogens (tertiary/aromatic N) is 3. The van der Waals surface area contributed by atoms with Gasteiger partial charge in [0.05, 0.1) is 12.8 Å². The van der Waals surface area contributed by atoms with Crippen molar-refractivity contribution in [3.63, 3.8) is 0 Å². The van der Waals surface area contributed by atoms with Crippen molar-refractivity contribution in [1.29, 1.82) is 0 Å². The number of aromatic amines is 1. The molecule has 0 saturated heterocycles. The Balaban J connectivity index is 1.69. The van der Waals surface area contributed by atoms with E-state index in [1.807, 2.05) is 30.3 Å². The molecule has 0 spiro atoms. The number of nitrogens with one attached hydrogen (secondary N) is 1. The van der Waals surface area contributed by atoms with Crippen LogP contribution in [0, 0.1) is 0 Å². The second-order valence-corrected chi connectivity index (χ2v) is 7.00. The number of rotatable bonds is 8. The largest absolute Gasteiger partial charge is 0.504 e. The van der Waals surface area contributed by atoms with Crippen molar-refractivity contribution in [2.75, 3.05) is 7.11 Å². The van der Waals surface area contributed by atoms with Crippen molar-refractivity contribution < 1.29 is 19.4 Å². The number of ether oxygens (including phenoxy) is 1. The molecule has 4 rings (SSSR count). The Labute approximate surface area is 183 Å². The first-order valence-electron chi connectivity index (χ1n) is 9.79. The Morgan fingerprint density at radius 2 is 1.84 bits per heavy atom. The molecule has 0 unspecified atom stereocenters. The van der Waals surface area contributed by atoms with Gasteiger partial charge < -0.3 is 14.4 Å². The summed E-state index contributed by atoms with van der Waals surface area (Å²) in [6.45, 7) is 0.377. The van der Waals surface area contributed by atoms with Crippen LogP contribution < -0.4 is 4.74 Å². The Morgan fingerprint density at radius 1 is 1.09 bits per heavy atom. The lowest BCUT2D eigenvalue weighted by Crippen LogP contribution is -2.10. The minimum Gasteiger partial charge on any atom is -0.504 e. The van der Waals surface area contributed by atoms with Gasteiger partial charge in [-0.1, -0.05) is 42.5 Å². The van der Waals surface area contributed by atoms with Crippen molar-refractivity contribution in [1.82, 2.24) is 19.7 Å². The highest BCUT2D eigenvalue weighted by Crippen LogP contribution is 2.19. The summed E-state index contributed by atoms with van der Waals surface area (Å²) < 4.78 is 6.92. The summed E-state index contributed by atoms with van der Waals surface area (Å²) in [7, 11) is 1.59. The fourth-order valence-corrected chi connectivity index (χ4v) is 3.24. The zero-order valence-electron chi connectivity index (χ0n) is 17.2. The van der Waals surface area contributed by atoms with Crippen molar-refractivity contribution in [2.24, 2.45) is 0 Å². The molecular formula is C24H20N4O4. The number of hydrogen-bond acceptors (Lipinski definition) is 6.